The second kappa shape index (κ2) is 5.10. The van der Waals surface area contributed by atoms with Gasteiger partial charge in [-0.1, -0.05) is 0 Å². The van der Waals surface area contributed by atoms with Gasteiger partial charge in [-0.15, -0.1) is 0 Å². The van der Waals surface area contributed by atoms with E-state index in [-0.39, 0.29) is 11.5 Å². The third kappa shape index (κ3) is 2.90. The largest absolute Gasteiger partial charge is 0.370 e. The molecule has 1 aromatic carbocycles. The van der Waals surface area contributed by atoms with E-state index < -0.39 is 9.84 Å². The Balaban J connectivity index is 2.21. The molecule has 2 rings (SSSR count). The number of hydrogen-bond donors (Lipinski definition) is 0. The summed E-state index contributed by atoms with van der Waals surface area (Å²) in [6, 6.07) is 5.62. The molecule has 0 aromatic heterocycles. The summed E-state index contributed by atoms with van der Waals surface area (Å²) >= 11 is 0. The average Bonchev–Trinajstić information content (AvgIpc) is 2.50. The molecule has 0 amide bonds. The first-order valence-corrected chi connectivity index (χ1v) is 7.85. The summed E-state index contributed by atoms with van der Waals surface area (Å²) in [5, 5.41) is 0. The molecule has 18 heavy (non-hydrogen) atoms. The van der Waals surface area contributed by atoms with Crippen LogP contribution in [0, 0.1) is 6.92 Å². The molecule has 0 saturated carbocycles. The molecule has 0 unspecified atom stereocenters. The molecule has 5 heteroatoms. The first-order chi connectivity index (χ1) is 8.52. The summed E-state index contributed by atoms with van der Waals surface area (Å²) in [5.74, 6) is 0.483. The smallest absolute Gasteiger partial charge is 0.152 e. The van der Waals surface area contributed by atoms with Gasteiger partial charge in [-0.25, -0.2) is 8.42 Å². The van der Waals surface area contributed by atoms with Crippen molar-refractivity contribution >= 4 is 21.8 Å². The Hall–Kier alpha value is -1.36. The minimum absolute atomic E-state index is 0.210. The van der Waals surface area contributed by atoms with Crippen LogP contribution in [0.3, 0.4) is 0 Å². The van der Waals surface area contributed by atoms with Crippen molar-refractivity contribution in [3.63, 3.8) is 0 Å². The van der Waals surface area contributed by atoms with E-state index in [0.717, 1.165) is 24.1 Å². The van der Waals surface area contributed by atoms with Gasteiger partial charge in [0.2, 0.25) is 0 Å². The molecule has 1 fully saturated rings. The first kappa shape index (κ1) is 13.1. The number of carbonyl (C=O) groups is 1. The standard InChI is InChI=1S/C13H17NO3S/c1-11-9-13(4-3-12(11)10-15)14-5-2-7-18(16,17)8-6-14/h3-4,9-10H,2,5-8H2,1H3. The number of anilines is 1. The molecule has 4 nitrogen and oxygen atoms in total. The van der Waals surface area contributed by atoms with Crippen LogP contribution in [-0.2, 0) is 9.84 Å². The Labute approximate surface area is 108 Å². The van der Waals surface area contributed by atoms with Gasteiger partial charge in [-0.2, -0.15) is 0 Å². The number of nitrogens with zero attached hydrogens (tertiary/aromatic N) is 1. The van der Waals surface area contributed by atoms with Crippen LogP contribution in [0.1, 0.15) is 22.3 Å². The summed E-state index contributed by atoms with van der Waals surface area (Å²) in [5.41, 5.74) is 2.60. The van der Waals surface area contributed by atoms with E-state index in [0.29, 0.717) is 18.5 Å². The van der Waals surface area contributed by atoms with E-state index in [2.05, 4.69) is 4.90 Å². The molecule has 0 spiro atoms. The Morgan fingerprint density at radius 3 is 2.67 bits per heavy atom. The second-order valence-corrected chi connectivity index (χ2v) is 6.95. The molecular formula is C13H17NO3S. The van der Waals surface area contributed by atoms with E-state index in [1.54, 1.807) is 6.07 Å². The third-order valence-electron chi connectivity index (χ3n) is 3.30. The van der Waals surface area contributed by atoms with Gasteiger partial charge in [0, 0.05) is 24.3 Å². The summed E-state index contributed by atoms with van der Waals surface area (Å²) in [6.45, 7) is 3.17. The predicted molar refractivity (Wildman–Crippen MR) is 72.1 cm³/mol. The molecule has 0 radical (unpaired) electrons. The van der Waals surface area contributed by atoms with E-state index >= 15 is 0 Å². The van der Waals surface area contributed by atoms with Gasteiger partial charge in [0.15, 0.2) is 9.84 Å². The topological polar surface area (TPSA) is 54.5 Å². The fourth-order valence-electron chi connectivity index (χ4n) is 2.19. The normalized spacial score (nSPS) is 19.3. The molecule has 0 bridgehead atoms. The zero-order valence-corrected chi connectivity index (χ0v) is 11.2. The fraction of sp³-hybridized carbons (Fsp3) is 0.462. The number of aldehydes is 1. The van der Waals surface area contributed by atoms with Crippen molar-refractivity contribution in [2.45, 2.75) is 13.3 Å². The predicted octanol–water partition coefficient (Wildman–Crippen LogP) is 1.43. The van der Waals surface area contributed by atoms with Crippen LogP contribution >= 0.6 is 0 Å². The number of aryl methyl sites for hydroxylation is 1. The highest BCUT2D eigenvalue weighted by molar-refractivity contribution is 7.91. The quantitative estimate of drug-likeness (QED) is 0.761. The maximum absolute atomic E-state index is 11.5. The van der Waals surface area contributed by atoms with Gasteiger partial charge < -0.3 is 4.90 Å². The summed E-state index contributed by atoms with van der Waals surface area (Å²) < 4.78 is 23.1. The van der Waals surface area contributed by atoms with E-state index in [9.17, 15) is 13.2 Å². The SMILES string of the molecule is Cc1cc(N2CCCS(=O)(=O)CC2)ccc1C=O. The van der Waals surface area contributed by atoms with Gasteiger partial charge in [0.1, 0.15) is 6.29 Å². The minimum atomic E-state index is -2.88. The second-order valence-electron chi connectivity index (χ2n) is 4.65. The number of hydrogen-bond acceptors (Lipinski definition) is 4. The van der Waals surface area contributed by atoms with Gasteiger partial charge in [0.05, 0.1) is 11.5 Å². The zero-order chi connectivity index (χ0) is 13.2. The fourth-order valence-corrected chi connectivity index (χ4v) is 3.46. The Morgan fingerprint density at radius 1 is 1.22 bits per heavy atom. The third-order valence-corrected chi connectivity index (χ3v) is 5.02. The molecule has 0 N–H and O–H groups in total. The maximum Gasteiger partial charge on any atom is 0.152 e. The van der Waals surface area contributed by atoms with Gasteiger partial charge in [0.25, 0.3) is 0 Å². The number of sulfone groups is 1. The van der Waals surface area contributed by atoms with Crippen LogP contribution in [-0.4, -0.2) is 39.3 Å². The number of carbonyl (C=O) groups excluding carboxylic acids is 1. The maximum atomic E-state index is 11.5. The van der Waals surface area contributed by atoms with Crippen LogP contribution in [0.2, 0.25) is 0 Å². The zero-order valence-electron chi connectivity index (χ0n) is 10.4. The van der Waals surface area contributed by atoms with Crippen molar-refractivity contribution in [2.75, 3.05) is 29.5 Å². The Morgan fingerprint density at radius 2 is 2.00 bits per heavy atom. The van der Waals surface area contributed by atoms with Crippen molar-refractivity contribution in [3.8, 4) is 0 Å². The van der Waals surface area contributed by atoms with Crippen LogP contribution in [0.15, 0.2) is 18.2 Å². The minimum Gasteiger partial charge on any atom is -0.370 e. The van der Waals surface area contributed by atoms with Crippen LogP contribution < -0.4 is 4.90 Å². The number of benzene rings is 1. The summed E-state index contributed by atoms with van der Waals surface area (Å²) in [7, 11) is -2.88. The lowest BCUT2D eigenvalue weighted by Crippen LogP contribution is -2.26. The lowest BCUT2D eigenvalue weighted by atomic mass is 10.1. The molecule has 0 aliphatic carbocycles. The molecule has 0 atom stereocenters. The average molecular weight is 267 g/mol. The molecule has 1 aromatic rings. The highest BCUT2D eigenvalue weighted by Gasteiger charge is 2.19. The van der Waals surface area contributed by atoms with Crippen molar-refractivity contribution < 1.29 is 13.2 Å². The van der Waals surface area contributed by atoms with Gasteiger partial charge >= 0.3 is 0 Å². The molecule has 1 saturated heterocycles. The van der Waals surface area contributed by atoms with Crippen molar-refractivity contribution in [2.24, 2.45) is 0 Å². The lowest BCUT2D eigenvalue weighted by molar-refractivity contribution is 0.112. The van der Waals surface area contributed by atoms with E-state index in [4.69, 9.17) is 0 Å². The van der Waals surface area contributed by atoms with E-state index in [1.807, 2.05) is 19.1 Å². The summed E-state index contributed by atoms with van der Waals surface area (Å²) in [6.07, 6.45) is 1.50. The van der Waals surface area contributed by atoms with Crippen molar-refractivity contribution in [1.82, 2.24) is 0 Å². The molecular weight excluding hydrogens is 250 g/mol. The van der Waals surface area contributed by atoms with Crippen LogP contribution in [0.4, 0.5) is 5.69 Å². The Kier molecular flexibility index (Phi) is 3.71. The molecule has 98 valence electrons. The number of rotatable bonds is 2. The van der Waals surface area contributed by atoms with Gasteiger partial charge in [-0.3, -0.25) is 4.79 Å². The van der Waals surface area contributed by atoms with Crippen molar-refractivity contribution in [3.05, 3.63) is 29.3 Å². The monoisotopic (exact) mass is 267 g/mol. The summed E-state index contributed by atoms with van der Waals surface area (Å²) in [4.78, 5) is 12.8. The van der Waals surface area contributed by atoms with E-state index in [1.165, 1.54) is 0 Å². The Bertz CT molecular complexity index is 551. The highest BCUT2D eigenvalue weighted by atomic mass is 32.2. The molecule has 1 aliphatic heterocycles. The lowest BCUT2D eigenvalue weighted by Gasteiger charge is -2.22. The highest BCUT2D eigenvalue weighted by Crippen LogP contribution is 2.20. The molecule has 1 heterocycles. The van der Waals surface area contributed by atoms with Crippen molar-refractivity contribution in [1.29, 1.82) is 0 Å². The van der Waals surface area contributed by atoms with Crippen LogP contribution in [0.5, 0.6) is 0 Å². The first-order valence-electron chi connectivity index (χ1n) is 6.03. The van der Waals surface area contributed by atoms with Crippen LogP contribution in [0.25, 0.3) is 0 Å². The molecule has 1 aliphatic rings. The van der Waals surface area contributed by atoms with Gasteiger partial charge in [-0.05, 0) is 37.1 Å².